The van der Waals surface area contributed by atoms with E-state index in [9.17, 15) is 8.42 Å². The Morgan fingerprint density at radius 3 is 2.56 bits per heavy atom. The lowest BCUT2D eigenvalue weighted by atomic mass is 9.97. The van der Waals surface area contributed by atoms with Gasteiger partial charge in [0.15, 0.2) is 9.84 Å². The van der Waals surface area contributed by atoms with Crippen molar-refractivity contribution in [2.75, 3.05) is 5.75 Å². The standard InChI is InChI=1S/C15H18O2S/c1-2-13-8-6-7-9-14(13)12-18(16,17)15-10-4-3-5-11-15/h3-5,7,9-11H,2,6,8,12H2,1H3. The second-order valence-electron chi connectivity index (χ2n) is 4.50. The van der Waals surface area contributed by atoms with Crippen LogP contribution in [0.2, 0.25) is 0 Å². The van der Waals surface area contributed by atoms with E-state index >= 15 is 0 Å². The van der Waals surface area contributed by atoms with Crippen LogP contribution in [0, 0.1) is 0 Å². The molecule has 96 valence electrons. The number of hydrogen-bond acceptors (Lipinski definition) is 2. The van der Waals surface area contributed by atoms with Gasteiger partial charge in [0.2, 0.25) is 0 Å². The maximum Gasteiger partial charge on any atom is 0.182 e. The third-order valence-electron chi connectivity index (χ3n) is 3.26. The zero-order chi connectivity index (χ0) is 13.0. The molecule has 0 saturated heterocycles. The molecule has 2 rings (SSSR count). The number of allylic oxidation sites excluding steroid dienone is 3. The van der Waals surface area contributed by atoms with Crippen LogP contribution in [0.4, 0.5) is 0 Å². The van der Waals surface area contributed by atoms with Crippen LogP contribution in [-0.2, 0) is 9.84 Å². The Bertz CT molecular complexity index is 566. The Kier molecular flexibility index (Phi) is 4.02. The Balaban J connectivity index is 2.29. The molecule has 3 heteroatoms. The molecule has 0 bridgehead atoms. The van der Waals surface area contributed by atoms with Gasteiger partial charge in [-0.25, -0.2) is 8.42 Å². The maximum absolute atomic E-state index is 12.3. The monoisotopic (exact) mass is 262 g/mol. The lowest BCUT2D eigenvalue weighted by molar-refractivity contribution is 0.598. The van der Waals surface area contributed by atoms with Crippen LogP contribution in [0.25, 0.3) is 0 Å². The van der Waals surface area contributed by atoms with E-state index < -0.39 is 9.84 Å². The molecule has 2 nitrogen and oxygen atoms in total. The summed E-state index contributed by atoms with van der Waals surface area (Å²) in [5.74, 6) is 0.122. The molecule has 0 aliphatic heterocycles. The number of hydrogen-bond donors (Lipinski definition) is 0. The van der Waals surface area contributed by atoms with Gasteiger partial charge in [-0.1, -0.05) is 42.8 Å². The first kappa shape index (κ1) is 13.1. The second-order valence-corrected chi connectivity index (χ2v) is 6.49. The fourth-order valence-corrected chi connectivity index (χ4v) is 3.68. The molecular formula is C15H18O2S. The van der Waals surface area contributed by atoms with Crippen LogP contribution in [0.15, 0.2) is 58.5 Å². The SMILES string of the molecule is CCC1=C(CS(=O)(=O)c2ccccc2)C=CCC1. The zero-order valence-corrected chi connectivity index (χ0v) is 11.4. The predicted molar refractivity (Wildman–Crippen MR) is 74.2 cm³/mol. The molecule has 1 aromatic carbocycles. The fraction of sp³-hybridized carbons (Fsp3) is 0.333. The van der Waals surface area contributed by atoms with E-state index in [4.69, 9.17) is 0 Å². The minimum absolute atomic E-state index is 0.122. The van der Waals surface area contributed by atoms with Gasteiger partial charge in [0, 0.05) is 0 Å². The first-order valence-corrected chi connectivity index (χ1v) is 7.94. The normalized spacial score (nSPS) is 16.1. The minimum Gasteiger partial charge on any atom is -0.223 e. The molecule has 1 aliphatic carbocycles. The molecule has 18 heavy (non-hydrogen) atoms. The summed E-state index contributed by atoms with van der Waals surface area (Å²) < 4.78 is 24.6. The molecule has 0 spiro atoms. The highest BCUT2D eigenvalue weighted by atomic mass is 32.2. The van der Waals surface area contributed by atoms with E-state index in [1.165, 1.54) is 5.57 Å². The summed E-state index contributed by atoms with van der Waals surface area (Å²) in [6.45, 7) is 2.09. The van der Waals surface area contributed by atoms with Crippen molar-refractivity contribution in [1.29, 1.82) is 0 Å². The highest BCUT2D eigenvalue weighted by molar-refractivity contribution is 7.91. The molecule has 0 amide bonds. The smallest absolute Gasteiger partial charge is 0.182 e. The van der Waals surface area contributed by atoms with Crippen molar-refractivity contribution in [1.82, 2.24) is 0 Å². The van der Waals surface area contributed by atoms with Gasteiger partial charge < -0.3 is 0 Å². The molecule has 1 aliphatic rings. The molecule has 0 saturated carbocycles. The van der Waals surface area contributed by atoms with Gasteiger partial charge in [0.05, 0.1) is 10.6 Å². The second kappa shape index (κ2) is 5.53. The van der Waals surface area contributed by atoms with Crippen LogP contribution in [-0.4, -0.2) is 14.2 Å². The van der Waals surface area contributed by atoms with Gasteiger partial charge in [-0.3, -0.25) is 0 Å². The largest absolute Gasteiger partial charge is 0.223 e. The van der Waals surface area contributed by atoms with Gasteiger partial charge in [-0.2, -0.15) is 0 Å². The summed E-state index contributed by atoms with van der Waals surface area (Å²) in [5, 5.41) is 0. The van der Waals surface area contributed by atoms with E-state index in [0.717, 1.165) is 24.8 Å². The molecule has 1 aromatic rings. The molecule has 0 radical (unpaired) electrons. The summed E-state index contributed by atoms with van der Waals surface area (Å²) in [4.78, 5) is 0.409. The summed E-state index contributed by atoms with van der Waals surface area (Å²) in [6.07, 6.45) is 6.99. The van der Waals surface area contributed by atoms with Gasteiger partial charge >= 0.3 is 0 Å². The average Bonchev–Trinajstić information content (AvgIpc) is 2.40. The highest BCUT2D eigenvalue weighted by Crippen LogP contribution is 2.24. The summed E-state index contributed by atoms with van der Waals surface area (Å²) in [6, 6.07) is 8.68. The van der Waals surface area contributed by atoms with E-state index in [1.807, 2.05) is 12.1 Å². The van der Waals surface area contributed by atoms with E-state index in [-0.39, 0.29) is 5.75 Å². The Labute approximate surface area is 109 Å². The lowest BCUT2D eigenvalue weighted by Crippen LogP contribution is -2.11. The zero-order valence-electron chi connectivity index (χ0n) is 10.6. The first-order chi connectivity index (χ1) is 8.63. The molecule has 0 unspecified atom stereocenters. The Morgan fingerprint density at radius 1 is 1.17 bits per heavy atom. The minimum atomic E-state index is -3.21. The third-order valence-corrected chi connectivity index (χ3v) is 4.94. The van der Waals surface area contributed by atoms with E-state index in [2.05, 4.69) is 13.0 Å². The van der Waals surface area contributed by atoms with Gasteiger partial charge in [-0.05, 0) is 37.0 Å². The maximum atomic E-state index is 12.3. The summed E-state index contributed by atoms with van der Waals surface area (Å²) >= 11 is 0. The van der Waals surface area contributed by atoms with Crippen molar-refractivity contribution in [3.05, 3.63) is 53.6 Å². The van der Waals surface area contributed by atoms with Crippen molar-refractivity contribution >= 4 is 9.84 Å². The number of rotatable bonds is 4. The predicted octanol–water partition coefficient (Wildman–Crippen LogP) is 3.52. The van der Waals surface area contributed by atoms with Crippen molar-refractivity contribution in [2.45, 2.75) is 31.1 Å². The van der Waals surface area contributed by atoms with E-state index in [0.29, 0.717) is 4.90 Å². The fourth-order valence-electron chi connectivity index (χ4n) is 2.23. The summed E-state index contributed by atoms with van der Waals surface area (Å²) in [5.41, 5.74) is 2.25. The van der Waals surface area contributed by atoms with Crippen LogP contribution in [0.1, 0.15) is 26.2 Å². The van der Waals surface area contributed by atoms with Crippen molar-refractivity contribution in [3.63, 3.8) is 0 Å². The van der Waals surface area contributed by atoms with Gasteiger partial charge in [0.25, 0.3) is 0 Å². The molecular weight excluding hydrogens is 244 g/mol. The first-order valence-electron chi connectivity index (χ1n) is 6.28. The summed E-state index contributed by atoms with van der Waals surface area (Å²) in [7, 11) is -3.21. The van der Waals surface area contributed by atoms with Gasteiger partial charge in [-0.15, -0.1) is 0 Å². The van der Waals surface area contributed by atoms with Gasteiger partial charge in [0.1, 0.15) is 0 Å². The lowest BCUT2D eigenvalue weighted by Gasteiger charge is -2.15. The van der Waals surface area contributed by atoms with E-state index in [1.54, 1.807) is 24.3 Å². The average molecular weight is 262 g/mol. The van der Waals surface area contributed by atoms with Crippen LogP contribution in [0.5, 0.6) is 0 Å². The molecule has 0 atom stereocenters. The van der Waals surface area contributed by atoms with Crippen molar-refractivity contribution in [2.24, 2.45) is 0 Å². The van der Waals surface area contributed by atoms with Crippen LogP contribution < -0.4 is 0 Å². The van der Waals surface area contributed by atoms with Crippen molar-refractivity contribution in [3.8, 4) is 0 Å². The Hall–Kier alpha value is -1.35. The molecule has 0 fully saturated rings. The topological polar surface area (TPSA) is 34.1 Å². The number of benzene rings is 1. The molecule has 0 heterocycles. The molecule has 0 aromatic heterocycles. The highest BCUT2D eigenvalue weighted by Gasteiger charge is 2.18. The third kappa shape index (κ3) is 2.91. The quantitative estimate of drug-likeness (QED) is 0.832. The Morgan fingerprint density at radius 2 is 1.89 bits per heavy atom. The van der Waals surface area contributed by atoms with Crippen molar-refractivity contribution < 1.29 is 8.42 Å². The molecule has 0 N–H and O–H groups in total. The number of sulfone groups is 1. The van der Waals surface area contributed by atoms with Crippen LogP contribution >= 0.6 is 0 Å². The van der Waals surface area contributed by atoms with Crippen LogP contribution in [0.3, 0.4) is 0 Å².